The Morgan fingerprint density at radius 1 is 1.13 bits per heavy atom. The fourth-order valence-electron chi connectivity index (χ4n) is 5.08. The van der Waals surface area contributed by atoms with Gasteiger partial charge in [-0.3, -0.25) is 4.79 Å². The van der Waals surface area contributed by atoms with Crippen molar-refractivity contribution >= 4 is 5.91 Å². The number of fused-ring (bicyclic) bond motifs is 1. The summed E-state index contributed by atoms with van der Waals surface area (Å²) in [7, 11) is 0. The summed E-state index contributed by atoms with van der Waals surface area (Å²) in [6.07, 6.45) is 5.40. The van der Waals surface area contributed by atoms with Crippen molar-refractivity contribution in [2.24, 2.45) is 0 Å². The third kappa shape index (κ3) is 4.42. The molecule has 0 spiro atoms. The summed E-state index contributed by atoms with van der Waals surface area (Å²) < 4.78 is 14.5. The maximum atomic E-state index is 14.5. The number of likely N-dealkylation sites (tertiary alicyclic amines) is 1. The first-order valence-electron chi connectivity index (χ1n) is 11.0. The molecule has 1 unspecified atom stereocenters. The molecular formula is C25H31FN2O2. The number of aryl methyl sites for hydroxylation is 2. The van der Waals surface area contributed by atoms with Crippen LogP contribution in [0.15, 0.2) is 42.5 Å². The lowest BCUT2D eigenvalue weighted by Gasteiger charge is -2.43. The van der Waals surface area contributed by atoms with Crippen LogP contribution in [-0.4, -0.2) is 35.5 Å². The van der Waals surface area contributed by atoms with Gasteiger partial charge in [-0.05, 0) is 61.3 Å². The van der Waals surface area contributed by atoms with Crippen LogP contribution in [0.5, 0.6) is 0 Å². The number of nitrogens with one attached hydrogen (secondary N) is 1. The summed E-state index contributed by atoms with van der Waals surface area (Å²) in [4.78, 5) is 14.1. The van der Waals surface area contributed by atoms with Crippen molar-refractivity contribution in [2.45, 2.75) is 57.1 Å². The highest BCUT2D eigenvalue weighted by Crippen LogP contribution is 2.35. The lowest BCUT2D eigenvalue weighted by Crippen LogP contribution is -2.53. The molecule has 4 nitrogen and oxygen atoms in total. The second kappa shape index (κ2) is 8.86. The molecule has 2 N–H and O–H groups in total. The quantitative estimate of drug-likeness (QED) is 0.787. The van der Waals surface area contributed by atoms with Crippen LogP contribution in [0.25, 0.3) is 0 Å². The predicted molar refractivity (Wildman–Crippen MR) is 116 cm³/mol. The van der Waals surface area contributed by atoms with E-state index >= 15 is 0 Å². The van der Waals surface area contributed by atoms with Gasteiger partial charge in [0, 0.05) is 32.1 Å². The molecule has 4 rings (SSSR count). The highest BCUT2D eigenvalue weighted by molar-refractivity contribution is 5.74. The number of halogens is 1. The van der Waals surface area contributed by atoms with Crippen LogP contribution in [0.1, 0.15) is 61.0 Å². The van der Waals surface area contributed by atoms with Crippen molar-refractivity contribution in [3.05, 3.63) is 70.5 Å². The van der Waals surface area contributed by atoms with Gasteiger partial charge in [0.2, 0.25) is 5.91 Å². The highest BCUT2D eigenvalue weighted by Gasteiger charge is 2.39. The Morgan fingerprint density at radius 2 is 1.83 bits per heavy atom. The summed E-state index contributed by atoms with van der Waals surface area (Å²) in [5, 5.41) is 13.9. The molecular weight excluding hydrogens is 379 g/mol. The van der Waals surface area contributed by atoms with Gasteiger partial charge in [-0.1, -0.05) is 36.4 Å². The van der Waals surface area contributed by atoms with E-state index in [0.717, 1.165) is 18.4 Å². The molecule has 1 fully saturated rings. The van der Waals surface area contributed by atoms with Gasteiger partial charge in [-0.2, -0.15) is 0 Å². The van der Waals surface area contributed by atoms with Gasteiger partial charge in [-0.25, -0.2) is 4.39 Å². The second-order valence-corrected chi connectivity index (χ2v) is 8.79. The zero-order valence-electron chi connectivity index (χ0n) is 17.7. The summed E-state index contributed by atoms with van der Waals surface area (Å²) in [6.45, 7) is 3.41. The smallest absolute Gasteiger partial charge is 0.217 e. The van der Waals surface area contributed by atoms with Gasteiger partial charge in [0.05, 0.1) is 11.6 Å². The van der Waals surface area contributed by atoms with Gasteiger partial charge < -0.3 is 15.3 Å². The zero-order chi connectivity index (χ0) is 21.1. The third-order valence-electron chi connectivity index (χ3n) is 6.70. The van der Waals surface area contributed by atoms with E-state index in [1.54, 1.807) is 12.1 Å². The van der Waals surface area contributed by atoms with E-state index in [-0.39, 0.29) is 11.7 Å². The maximum absolute atomic E-state index is 14.5. The number of aliphatic hydroxyl groups is 1. The SMILES string of the molecule is CC(=O)NC1(c2ccccc2F)CCN(CC(O)c2ccc3c(c2)CCCC3)CC1. The van der Waals surface area contributed by atoms with E-state index in [0.29, 0.717) is 38.0 Å². The number of rotatable bonds is 5. The number of piperidine rings is 1. The molecule has 1 saturated heterocycles. The number of carbonyl (C=O) groups excluding carboxylic acids is 1. The number of nitrogens with zero attached hydrogens (tertiary/aromatic N) is 1. The van der Waals surface area contributed by atoms with Crippen molar-refractivity contribution in [1.82, 2.24) is 10.2 Å². The molecule has 1 heterocycles. The number of hydrogen-bond acceptors (Lipinski definition) is 3. The molecule has 160 valence electrons. The molecule has 0 radical (unpaired) electrons. The zero-order valence-corrected chi connectivity index (χ0v) is 17.7. The van der Waals surface area contributed by atoms with Crippen LogP contribution < -0.4 is 5.32 Å². The molecule has 0 aromatic heterocycles. The molecule has 30 heavy (non-hydrogen) atoms. The molecule has 0 saturated carbocycles. The number of benzene rings is 2. The van der Waals surface area contributed by atoms with E-state index in [2.05, 4.69) is 28.4 Å². The number of carbonyl (C=O) groups is 1. The summed E-state index contributed by atoms with van der Waals surface area (Å²) in [5.74, 6) is -0.436. The first-order valence-corrected chi connectivity index (χ1v) is 11.0. The van der Waals surface area contributed by atoms with Crippen molar-refractivity contribution in [2.75, 3.05) is 19.6 Å². The van der Waals surface area contributed by atoms with Crippen LogP contribution >= 0.6 is 0 Å². The fourth-order valence-corrected chi connectivity index (χ4v) is 5.08. The van der Waals surface area contributed by atoms with Gasteiger partial charge >= 0.3 is 0 Å². The molecule has 2 aromatic carbocycles. The van der Waals surface area contributed by atoms with Crippen molar-refractivity contribution in [3.63, 3.8) is 0 Å². The largest absolute Gasteiger partial charge is 0.387 e. The lowest BCUT2D eigenvalue weighted by atomic mass is 9.80. The van der Waals surface area contributed by atoms with Crippen LogP contribution in [0.4, 0.5) is 4.39 Å². The molecule has 0 bridgehead atoms. The predicted octanol–water partition coefficient (Wildman–Crippen LogP) is 3.87. The minimum atomic E-state index is -0.690. The Hall–Kier alpha value is -2.24. The number of hydrogen-bond donors (Lipinski definition) is 2. The second-order valence-electron chi connectivity index (χ2n) is 8.79. The van der Waals surface area contributed by atoms with Gasteiger partial charge in [0.1, 0.15) is 5.82 Å². The fraction of sp³-hybridized carbons (Fsp3) is 0.480. The molecule has 1 aliphatic carbocycles. The maximum Gasteiger partial charge on any atom is 0.217 e. The van der Waals surface area contributed by atoms with E-state index in [1.807, 2.05) is 6.07 Å². The first kappa shape index (κ1) is 21.0. The van der Waals surface area contributed by atoms with Gasteiger partial charge in [0.15, 0.2) is 0 Å². The molecule has 1 amide bonds. The molecule has 1 aliphatic heterocycles. The minimum Gasteiger partial charge on any atom is -0.387 e. The minimum absolute atomic E-state index is 0.152. The van der Waals surface area contributed by atoms with Crippen LogP contribution in [0.2, 0.25) is 0 Å². The van der Waals surface area contributed by atoms with Gasteiger partial charge in [0.25, 0.3) is 0 Å². The van der Waals surface area contributed by atoms with E-state index in [9.17, 15) is 14.3 Å². The number of β-amino-alcohol motifs (C(OH)–C–C–N with tert-alkyl or cyclic N) is 1. The van der Waals surface area contributed by atoms with Crippen molar-refractivity contribution in [1.29, 1.82) is 0 Å². The number of amides is 1. The average Bonchev–Trinajstić information content (AvgIpc) is 2.75. The normalized spacial score (nSPS) is 19.7. The van der Waals surface area contributed by atoms with Crippen LogP contribution in [0, 0.1) is 5.82 Å². The third-order valence-corrected chi connectivity index (χ3v) is 6.70. The summed E-state index contributed by atoms with van der Waals surface area (Å²) in [6, 6.07) is 13.1. The average molecular weight is 411 g/mol. The van der Waals surface area contributed by atoms with E-state index in [4.69, 9.17) is 0 Å². The summed E-state index contributed by atoms with van der Waals surface area (Å²) >= 11 is 0. The Morgan fingerprint density at radius 3 is 2.53 bits per heavy atom. The van der Waals surface area contributed by atoms with Crippen LogP contribution in [-0.2, 0) is 23.2 Å². The Kier molecular flexibility index (Phi) is 6.21. The van der Waals surface area contributed by atoms with Crippen molar-refractivity contribution in [3.8, 4) is 0 Å². The molecule has 2 aliphatic rings. The highest BCUT2D eigenvalue weighted by atomic mass is 19.1. The van der Waals surface area contributed by atoms with Gasteiger partial charge in [-0.15, -0.1) is 0 Å². The number of aliphatic hydroxyl groups excluding tert-OH is 1. The molecule has 2 aromatic rings. The monoisotopic (exact) mass is 410 g/mol. The Balaban J connectivity index is 1.44. The lowest BCUT2D eigenvalue weighted by molar-refractivity contribution is -0.121. The van der Waals surface area contributed by atoms with E-state index in [1.165, 1.54) is 37.0 Å². The topological polar surface area (TPSA) is 52.6 Å². The van der Waals surface area contributed by atoms with Crippen molar-refractivity contribution < 1.29 is 14.3 Å². The Bertz CT molecular complexity index is 906. The first-order chi connectivity index (χ1) is 14.5. The molecule has 1 atom stereocenters. The summed E-state index contributed by atoms with van der Waals surface area (Å²) in [5.41, 5.74) is 3.63. The van der Waals surface area contributed by atoms with Crippen LogP contribution in [0.3, 0.4) is 0 Å². The Labute approximate surface area is 178 Å². The van der Waals surface area contributed by atoms with E-state index < -0.39 is 11.6 Å². The molecule has 5 heteroatoms. The standard InChI is InChI=1S/C25H31FN2O2/c1-18(29)27-25(22-8-4-5-9-23(22)26)12-14-28(15-13-25)17-24(30)21-11-10-19-6-2-3-7-20(19)16-21/h4-5,8-11,16,24,30H,2-3,6-7,12-15,17H2,1H3,(H,27,29).